The second-order valence-corrected chi connectivity index (χ2v) is 7.61. The van der Waals surface area contributed by atoms with Crippen LogP contribution in [0.5, 0.6) is 5.75 Å². The first-order valence-corrected chi connectivity index (χ1v) is 9.34. The van der Waals surface area contributed by atoms with E-state index in [9.17, 15) is 22.4 Å². The number of hydrogen-bond donors (Lipinski definition) is 1. The van der Waals surface area contributed by atoms with Crippen LogP contribution in [0.2, 0.25) is 0 Å². The molecule has 6 nitrogen and oxygen atoms in total. The van der Waals surface area contributed by atoms with Crippen molar-refractivity contribution in [2.24, 2.45) is 10.7 Å². The van der Waals surface area contributed by atoms with E-state index < -0.39 is 47.4 Å². The highest BCUT2D eigenvalue weighted by molar-refractivity contribution is 5.95. The molecule has 1 aromatic carbocycles. The summed E-state index contributed by atoms with van der Waals surface area (Å²) in [6, 6.07) is 4.54. The average Bonchev–Trinajstić information content (AvgIpc) is 2.69. The third-order valence-corrected chi connectivity index (χ3v) is 5.06. The molecule has 2 heterocycles. The van der Waals surface area contributed by atoms with E-state index in [0.29, 0.717) is 12.7 Å². The monoisotopic (exact) mass is 439 g/mol. The molecule has 31 heavy (non-hydrogen) atoms. The number of ether oxygens (including phenoxy) is 2. The van der Waals surface area contributed by atoms with Crippen molar-refractivity contribution in [3.05, 3.63) is 58.9 Å². The van der Waals surface area contributed by atoms with Gasteiger partial charge in [0.25, 0.3) is 11.9 Å². The van der Waals surface area contributed by atoms with Crippen molar-refractivity contribution >= 4 is 11.8 Å². The van der Waals surface area contributed by atoms with Crippen LogP contribution in [-0.2, 0) is 16.7 Å². The molecule has 2 aromatic rings. The number of Topliss-reactive ketones (excluding diaryl/α,β-unsaturated/α-hetero) is 1. The van der Waals surface area contributed by atoms with Gasteiger partial charge in [0.2, 0.25) is 0 Å². The topological polar surface area (TPSA) is 86.8 Å². The molecule has 0 radical (unpaired) electrons. The summed E-state index contributed by atoms with van der Waals surface area (Å²) in [5.41, 5.74) is 3.88. The highest BCUT2D eigenvalue weighted by Crippen LogP contribution is 2.40. The Bertz CT molecular complexity index is 1020. The van der Waals surface area contributed by atoms with Gasteiger partial charge in [-0.05, 0) is 36.8 Å². The number of amidine groups is 1. The minimum Gasteiger partial charge on any atom is -0.495 e. The van der Waals surface area contributed by atoms with E-state index in [1.54, 1.807) is 6.07 Å². The summed E-state index contributed by atoms with van der Waals surface area (Å²) >= 11 is 0. The lowest BCUT2D eigenvalue weighted by molar-refractivity contribution is -0.103. The fourth-order valence-corrected chi connectivity index (χ4v) is 3.40. The van der Waals surface area contributed by atoms with Crippen molar-refractivity contribution < 1.29 is 31.8 Å². The first kappa shape index (κ1) is 22.5. The Balaban J connectivity index is 1.95. The van der Waals surface area contributed by atoms with E-state index in [0.717, 1.165) is 6.07 Å². The average molecular weight is 439 g/mol. The molecule has 1 aliphatic heterocycles. The van der Waals surface area contributed by atoms with Crippen LogP contribution in [0.1, 0.15) is 41.9 Å². The van der Waals surface area contributed by atoms with Gasteiger partial charge in [-0.1, -0.05) is 0 Å². The predicted octanol–water partition coefficient (Wildman–Crippen LogP) is 3.77. The van der Waals surface area contributed by atoms with E-state index >= 15 is 0 Å². The summed E-state index contributed by atoms with van der Waals surface area (Å²) in [4.78, 5) is 20.5. The van der Waals surface area contributed by atoms with Crippen LogP contribution in [-0.4, -0.2) is 35.9 Å². The van der Waals surface area contributed by atoms with Gasteiger partial charge >= 0.3 is 0 Å². The van der Waals surface area contributed by atoms with Crippen LogP contribution < -0.4 is 10.5 Å². The number of ketones is 1. The lowest BCUT2D eigenvalue weighted by Gasteiger charge is -2.37. The lowest BCUT2D eigenvalue weighted by Crippen LogP contribution is -2.46. The van der Waals surface area contributed by atoms with Crippen LogP contribution in [0.4, 0.5) is 17.6 Å². The van der Waals surface area contributed by atoms with E-state index in [1.807, 2.05) is 0 Å². The highest BCUT2D eigenvalue weighted by atomic mass is 19.3. The zero-order valence-corrected chi connectivity index (χ0v) is 17.1. The summed E-state index contributed by atoms with van der Waals surface area (Å²) < 4.78 is 66.6. The number of carbonyl (C=O) groups excluding carboxylic acids is 1. The van der Waals surface area contributed by atoms with Crippen LogP contribution in [0.3, 0.4) is 0 Å². The number of halogens is 4. The van der Waals surface area contributed by atoms with Gasteiger partial charge in [0.05, 0.1) is 18.8 Å². The molecule has 2 atom stereocenters. The van der Waals surface area contributed by atoms with E-state index in [-0.39, 0.29) is 23.2 Å². The zero-order valence-electron chi connectivity index (χ0n) is 17.1. The Morgan fingerprint density at radius 3 is 2.65 bits per heavy atom. The maximum Gasteiger partial charge on any atom is 0.283 e. The van der Waals surface area contributed by atoms with Crippen molar-refractivity contribution in [1.29, 1.82) is 0 Å². The minimum absolute atomic E-state index is 0.109. The molecule has 0 bridgehead atoms. The molecule has 2 N–H and O–H groups in total. The van der Waals surface area contributed by atoms with Gasteiger partial charge in [-0.2, -0.15) is 0 Å². The Morgan fingerprint density at radius 2 is 2.06 bits per heavy atom. The maximum absolute atomic E-state index is 14.7. The number of alkyl halides is 2. The Hall–Kier alpha value is -3.17. The van der Waals surface area contributed by atoms with E-state index in [1.165, 1.54) is 32.4 Å². The smallest absolute Gasteiger partial charge is 0.283 e. The molecule has 1 aromatic heterocycles. The molecule has 0 spiro atoms. The van der Waals surface area contributed by atoms with Gasteiger partial charge in [-0.15, -0.1) is 0 Å². The van der Waals surface area contributed by atoms with Crippen LogP contribution in [0, 0.1) is 11.6 Å². The molecule has 0 fully saturated rings. The number of carbonyl (C=O) groups is 1. The minimum atomic E-state index is -3.29. The van der Waals surface area contributed by atoms with Gasteiger partial charge in [-0.25, -0.2) is 27.5 Å². The third-order valence-electron chi connectivity index (χ3n) is 5.06. The number of benzene rings is 1. The summed E-state index contributed by atoms with van der Waals surface area (Å²) in [6.07, 6.45) is -1.05. The Morgan fingerprint density at radius 1 is 1.35 bits per heavy atom. The maximum atomic E-state index is 14.7. The number of rotatable bonds is 6. The summed E-state index contributed by atoms with van der Waals surface area (Å²) in [6.45, 7) is 2.00. The number of pyridine rings is 1. The lowest BCUT2D eigenvalue weighted by atomic mass is 9.83. The van der Waals surface area contributed by atoms with Gasteiger partial charge < -0.3 is 15.2 Å². The summed E-state index contributed by atoms with van der Waals surface area (Å²) in [5.74, 6) is -5.76. The van der Waals surface area contributed by atoms with Crippen molar-refractivity contribution in [3.63, 3.8) is 0 Å². The number of aliphatic imine (C=N–C) groups is 1. The predicted molar refractivity (Wildman–Crippen MR) is 104 cm³/mol. The van der Waals surface area contributed by atoms with E-state index in [2.05, 4.69) is 9.98 Å². The second kappa shape index (κ2) is 8.16. The zero-order chi connectivity index (χ0) is 23.0. The van der Waals surface area contributed by atoms with Gasteiger partial charge in [0.1, 0.15) is 11.4 Å². The van der Waals surface area contributed by atoms with Gasteiger partial charge in [0.15, 0.2) is 23.5 Å². The fourth-order valence-electron chi connectivity index (χ4n) is 3.40. The third kappa shape index (κ3) is 4.78. The number of aromatic nitrogens is 1. The van der Waals surface area contributed by atoms with Crippen molar-refractivity contribution in [2.75, 3.05) is 7.11 Å². The molecule has 166 valence electrons. The molecule has 0 amide bonds. The SMILES string of the molecule is COc1ccc(C(=O)Cc2cc(F)c(F)c([C@]3(C)C[C@@H](C(C)(F)F)OC(N)=N3)c2)nc1. The largest absolute Gasteiger partial charge is 0.495 e. The molecular formula is C21H21F4N3O3. The molecule has 1 aliphatic rings. The first-order chi connectivity index (χ1) is 14.4. The molecule has 0 saturated carbocycles. The first-order valence-electron chi connectivity index (χ1n) is 9.34. The van der Waals surface area contributed by atoms with Crippen molar-refractivity contribution in [3.8, 4) is 5.75 Å². The highest BCUT2D eigenvalue weighted by Gasteiger charge is 2.47. The van der Waals surface area contributed by atoms with Gasteiger partial charge in [0, 0.05) is 25.3 Å². The Kier molecular flexibility index (Phi) is 5.93. The van der Waals surface area contributed by atoms with E-state index in [4.69, 9.17) is 15.2 Å². The van der Waals surface area contributed by atoms with Crippen LogP contribution >= 0.6 is 0 Å². The quantitative estimate of drug-likeness (QED) is 0.547. The van der Waals surface area contributed by atoms with Crippen molar-refractivity contribution in [2.45, 2.75) is 44.3 Å². The molecular weight excluding hydrogens is 418 g/mol. The molecule has 10 heteroatoms. The summed E-state index contributed by atoms with van der Waals surface area (Å²) in [5, 5.41) is 0. The normalized spacial score (nSPS) is 21.3. The summed E-state index contributed by atoms with van der Waals surface area (Å²) in [7, 11) is 1.45. The molecule has 0 saturated heterocycles. The Labute approximate surface area is 176 Å². The van der Waals surface area contributed by atoms with Crippen LogP contribution in [0.15, 0.2) is 35.5 Å². The number of hydrogen-bond acceptors (Lipinski definition) is 6. The van der Waals surface area contributed by atoms with Crippen LogP contribution in [0.25, 0.3) is 0 Å². The number of nitrogens with two attached hydrogens (primary N) is 1. The molecule has 3 rings (SSSR count). The molecule has 0 unspecified atom stereocenters. The number of methoxy groups -OCH3 is 1. The van der Waals surface area contributed by atoms with Crippen molar-refractivity contribution in [1.82, 2.24) is 4.98 Å². The fraction of sp³-hybridized carbons (Fsp3) is 0.381. The van der Waals surface area contributed by atoms with Gasteiger partial charge in [-0.3, -0.25) is 4.79 Å². The number of nitrogens with zero attached hydrogens (tertiary/aromatic N) is 2. The standard InChI is InChI=1S/C21H21F4N3O3/c1-20(9-17(21(2,24)25)31-19(26)28-20)13-6-11(7-14(22)18(13)23)8-16(29)15-5-4-12(30-3)10-27-15/h4-7,10,17H,8-9H2,1-3H3,(H2,26,28)/t17-,20-/m0/s1. The second-order valence-electron chi connectivity index (χ2n) is 7.61. The molecule has 0 aliphatic carbocycles.